The Morgan fingerprint density at radius 2 is 2.13 bits per heavy atom. The Morgan fingerprint density at radius 3 is 2.78 bits per heavy atom. The van der Waals surface area contributed by atoms with Gasteiger partial charge in [0.2, 0.25) is 0 Å². The first-order chi connectivity index (χ1) is 10.9. The maximum Gasteiger partial charge on any atom is 0.343 e. The molecular weight excluding hydrogens is 337 g/mol. The minimum absolute atomic E-state index is 0.183. The van der Waals surface area contributed by atoms with Gasteiger partial charge in [0, 0.05) is 37.7 Å². The molecule has 124 valence electrons. The minimum Gasteiger partial charge on any atom is -0.367 e. The van der Waals surface area contributed by atoms with E-state index in [1.54, 1.807) is 13.1 Å². The first kappa shape index (κ1) is 16.4. The average molecular weight is 356 g/mol. The number of piperazine rings is 1. The number of hydrogen-bond donors (Lipinski definition) is 1. The van der Waals surface area contributed by atoms with Gasteiger partial charge in [-0.3, -0.25) is 9.88 Å². The van der Waals surface area contributed by atoms with E-state index in [0.717, 1.165) is 25.3 Å². The molecule has 8 heteroatoms. The molecule has 23 heavy (non-hydrogen) atoms. The molecule has 1 aliphatic rings. The van der Waals surface area contributed by atoms with E-state index in [1.165, 1.54) is 4.68 Å². The summed E-state index contributed by atoms with van der Waals surface area (Å²) in [5, 5.41) is 5.59. The number of nitrogens with zero attached hydrogens (tertiary/aromatic N) is 4. The monoisotopic (exact) mass is 355 g/mol. The summed E-state index contributed by atoms with van der Waals surface area (Å²) in [6.07, 6.45) is 0. The molecule has 1 aromatic heterocycles. The van der Waals surface area contributed by atoms with Gasteiger partial charge in [-0.25, -0.2) is 9.48 Å². The highest BCUT2D eigenvalue weighted by Crippen LogP contribution is 2.30. The van der Waals surface area contributed by atoms with Gasteiger partial charge in [-0.1, -0.05) is 23.2 Å². The van der Waals surface area contributed by atoms with Crippen LogP contribution in [0.4, 0.5) is 5.69 Å². The summed E-state index contributed by atoms with van der Waals surface area (Å²) < 4.78 is 1.32. The van der Waals surface area contributed by atoms with Gasteiger partial charge in [-0.15, -0.1) is 0 Å². The Labute approximate surface area is 144 Å². The van der Waals surface area contributed by atoms with Crippen molar-refractivity contribution < 1.29 is 0 Å². The van der Waals surface area contributed by atoms with Gasteiger partial charge in [0.05, 0.1) is 17.3 Å². The number of nitrogens with one attached hydrogen (secondary N) is 1. The second kappa shape index (κ2) is 6.55. The van der Waals surface area contributed by atoms with Gasteiger partial charge >= 0.3 is 5.69 Å². The van der Waals surface area contributed by atoms with Crippen molar-refractivity contribution in [2.75, 3.05) is 24.5 Å². The van der Waals surface area contributed by atoms with E-state index in [0.29, 0.717) is 28.5 Å². The third-order valence-corrected chi connectivity index (χ3v) is 4.74. The molecule has 1 saturated heterocycles. The number of anilines is 1. The second-order valence-corrected chi connectivity index (χ2v) is 6.71. The summed E-state index contributed by atoms with van der Waals surface area (Å²) in [4.78, 5) is 18.8. The maximum atomic E-state index is 11.5. The van der Waals surface area contributed by atoms with Crippen LogP contribution in [0.5, 0.6) is 0 Å². The lowest BCUT2D eigenvalue weighted by atomic mass is 10.1. The number of benzene rings is 1. The quantitative estimate of drug-likeness (QED) is 0.916. The van der Waals surface area contributed by atoms with Crippen LogP contribution in [-0.2, 0) is 13.6 Å². The fourth-order valence-electron chi connectivity index (χ4n) is 2.90. The molecule has 2 aromatic rings. The topological polar surface area (TPSA) is 57.2 Å². The van der Waals surface area contributed by atoms with Crippen LogP contribution in [0, 0.1) is 0 Å². The summed E-state index contributed by atoms with van der Waals surface area (Å²) in [6.45, 7) is 5.35. The van der Waals surface area contributed by atoms with Crippen LogP contribution in [-0.4, -0.2) is 45.3 Å². The number of aromatic amines is 1. The molecule has 0 amide bonds. The van der Waals surface area contributed by atoms with Crippen LogP contribution in [0.3, 0.4) is 0 Å². The third-order valence-electron chi connectivity index (χ3n) is 4.18. The Balaban J connectivity index is 1.69. The predicted molar refractivity (Wildman–Crippen MR) is 92.4 cm³/mol. The largest absolute Gasteiger partial charge is 0.367 e. The number of hydrogen-bond acceptors (Lipinski definition) is 4. The maximum absolute atomic E-state index is 11.5. The van der Waals surface area contributed by atoms with E-state index in [4.69, 9.17) is 23.2 Å². The Kier molecular flexibility index (Phi) is 4.66. The van der Waals surface area contributed by atoms with Crippen LogP contribution in [0.2, 0.25) is 10.0 Å². The molecule has 0 saturated carbocycles. The van der Waals surface area contributed by atoms with Crippen molar-refractivity contribution >= 4 is 28.9 Å². The van der Waals surface area contributed by atoms with Gasteiger partial charge < -0.3 is 4.90 Å². The Bertz CT molecular complexity index is 757. The summed E-state index contributed by atoms with van der Waals surface area (Å²) in [7, 11) is 1.64. The first-order valence-electron chi connectivity index (χ1n) is 7.50. The smallest absolute Gasteiger partial charge is 0.343 e. The van der Waals surface area contributed by atoms with E-state index >= 15 is 0 Å². The molecule has 0 aliphatic carbocycles. The second-order valence-electron chi connectivity index (χ2n) is 5.86. The lowest BCUT2D eigenvalue weighted by Crippen LogP contribution is -2.51. The lowest BCUT2D eigenvalue weighted by molar-refractivity contribution is 0.176. The summed E-state index contributed by atoms with van der Waals surface area (Å²) in [5.41, 5.74) is 0.786. The van der Waals surface area contributed by atoms with Crippen LogP contribution in [0.15, 0.2) is 23.0 Å². The van der Waals surface area contributed by atoms with Crippen molar-refractivity contribution in [3.8, 4) is 0 Å². The molecule has 0 bridgehead atoms. The van der Waals surface area contributed by atoms with E-state index in [2.05, 4.69) is 26.8 Å². The van der Waals surface area contributed by atoms with Crippen molar-refractivity contribution in [2.45, 2.75) is 19.5 Å². The van der Waals surface area contributed by atoms with Crippen molar-refractivity contribution in [3.63, 3.8) is 0 Å². The van der Waals surface area contributed by atoms with E-state index in [1.807, 2.05) is 12.1 Å². The number of rotatable bonds is 3. The molecule has 1 atom stereocenters. The summed E-state index contributed by atoms with van der Waals surface area (Å²) in [6, 6.07) is 5.84. The van der Waals surface area contributed by atoms with Crippen LogP contribution in [0.1, 0.15) is 12.7 Å². The number of H-pyrrole nitrogens is 1. The van der Waals surface area contributed by atoms with Crippen molar-refractivity contribution in [3.05, 3.63) is 44.6 Å². The SMILES string of the molecule is CC1CN(c2cc(Cl)ccc2Cl)CCN1Cc1nn(C)c(=O)[nH]1. The molecule has 1 aliphatic heterocycles. The van der Waals surface area contributed by atoms with Crippen molar-refractivity contribution in [1.82, 2.24) is 19.7 Å². The fraction of sp³-hybridized carbons (Fsp3) is 0.467. The highest BCUT2D eigenvalue weighted by atomic mass is 35.5. The highest BCUT2D eigenvalue weighted by molar-refractivity contribution is 6.35. The molecule has 1 aromatic carbocycles. The van der Waals surface area contributed by atoms with Gasteiger partial charge in [0.15, 0.2) is 0 Å². The zero-order chi connectivity index (χ0) is 16.6. The molecule has 1 unspecified atom stereocenters. The summed E-state index contributed by atoms with van der Waals surface area (Å²) in [5.74, 6) is 0.693. The Hall–Kier alpha value is -1.50. The van der Waals surface area contributed by atoms with Crippen molar-refractivity contribution in [1.29, 1.82) is 0 Å². The van der Waals surface area contributed by atoms with Gasteiger partial charge in [-0.2, -0.15) is 5.10 Å². The minimum atomic E-state index is -0.183. The molecule has 2 heterocycles. The predicted octanol–water partition coefficient (Wildman–Crippen LogP) is 2.13. The zero-order valence-corrected chi connectivity index (χ0v) is 14.6. The van der Waals surface area contributed by atoms with Crippen molar-refractivity contribution in [2.24, 2.45) is 7.05 Å². The molecule has 0 spiro atoms. The zero-order valence-electron chi connectivity index (χ0n) is 13.1. The first-order valence-corrected chi connectivity index (χ1v) is 8.26. The molecule has 0 radical (unpaired) electrons. The number of halogens is 2. The molecule has 3 rings (SSSR count). The normalized spacial score (nSPS) is 19.3. The molecule has 1 fully saturated rings. The van der Waals surface area contributed by atoms with Gasteiger partial charge in [0.25, 0.3) is 0 Å². The fourth-order valence-corrected chi connectivity index (χ4v) is 3.30. The molecule has 6 nitrogen and oxygen atoms in total. The standard InChI is InChI=1S/C15H19Cl2N5O/c1-10-8-22(13-7-11(16)3-4-12(13)17)6-5-21(10)9-14-18-15(23)20(2)19-14/h3-4,7,10H,5-6,8-9H2,1-2H3,(H,18,19,23). The van der Waals surface area contributed by atoms with Crippen LogP contribution < -0.4 is 10.6 Å². The molecule has 1 N–H and O–H groups in total. The van der Waals surface area contributed by atoms with Crippen LogP contribution in [0.25, 0.3) is 0 Å². The van der Waals surface area contributed by atoms with E-state index in [-0.39, 0.29) is 5.69 Å². The highest BCUT2D eigenvalue weighted by Gasteiger charge is 2.26. The number of aromatic nitrogens is 3. The Morgan fingerprint density at radius 1 is 1.35 bits per heavy atom. The molecular formula is C15H19Cl2N5O. The van der Waals surface area contributed by atoms with E-state index in [9.17, 15) is 4.79 Å². The lowest BCUT2D eigenvalue weighted by Gasteiger charge is -2.40. The average Bonchev–Trinajstić information content (AvgIpc) is 2.82. The van der Waals surface area contributed by atoms with Crippen LogP contribution >= 0.6 is 23.2 Å². The summed E-state index contributed by atoms with van der Waals surface area (Å²) >= 11 is 12.4. The van der Waals surface area contributed by atoms with Gasteiger partial charge in [0.1, 0.15) is 5.82 Å². The number of aryl methyl sites for hydroxylation is 1. The third kappa shape index (κ3) is 3.54. The van der Waals surface area contributed by atoms with Gasteiger partial charge in [-0.05, 0) is 25.1 Å². The van der Waals surface area contributed by atoms with E-state index < -0.39 is 0 Å².